The van der Waals surface area contributed by atoms with Crippen LogP contribution in [0.15, 0.2) is 11.4 Å². The second kappa shape index (κ2) is 11.2. The SMILES string of the molecule is CC(=O)OC(C)C1OC(Oc2ccsc2C(C)=O)C(OC(C)=O)C(OC(C)=O)C1OC(C)=O. The van der Waals surface area contributed by atoms with Crippen LogP contribution in [0.2, 0.25) is 0 Å². The van der Waals surface area contributed by atoms with Gasteiger partial charge in [0.2, 0.25) is 12.4 Å². The van der Waals surface area contributed by atoms with Gasteiger partial charge < -0.3 is 28.4 Å². The Kier molecular flexibility index (Phi) is 8.94. The molecule has 1 aliphatic rings. The summed E-state index contributed by atoms with van der Waals surface area (Å²) in [6.07, 6.45) is -7.60. The Hall–Kier alpha value is -2.99. The van der Waals surface area contributed by atoms with E-state index in [0.29, 0.717) is 0 Å². The van der Waals surface area contributed by atoms with Crippen molar-refractivity contribution < 1.29 is 52.4 Å². The first kappa shape index (κ1) is 26.3. The second-order valence-corrected chi connectivity index (χ2v) is 8.21. The third-order valence-corrected chi connectivity index (χ3v) is 5.44. The number of esters is 4. The number of hydrogen-bond acceptors (Lipinski definition) is 12. The van der Waals surface area contributed by atoms with E-state index in [0.717, 1.165) is 32.1 Å². The standard InChI is InChI=1S/C21H26O11S/c1-9(22)20-15(7-8-33-20)31-21-19(30-14(6)26)18(29-13(5)25)17(28-12(4)24)16(32-21)10(2)27-11(3)23/h7-8,10,16-19,21H,1-6H3. The number of ether oxygens (including phenoxy) is 6. The number of thiophene rings is 1. The van der Waals surface area contributed by atoms with Gasteiger partial charge in [-0.2, -0.15) is 0 Å². The molecule has 0 spiro atoms. The monoisotopic (exact) mass is 486 g/mol. The van der Waals surface area contributed by atoms with Gasteiger partial charge in [-0.25, -0.2) is 0 Å². The van der Waals surface area contributed by atoms with Crippen LogP contribution in [-0.4, -0.2) is 66.5 Å². The van der Waals surface area contributed by atoms with Crippen LogP contribution in [-0.2, 0) is 42.9 Å². The summed E-state index contributed by atoms with van der Waals surface area (Å²) in [5, 5.41) is 1.62. The maximum atomic E-state index is 11.9. The highest BCUT2D eigenvalue weighted by Gasteiger charge is 2.55. The van der Waals surface area contributed by atoms with Gasteiger partial charge in [-0.1, -0.05) is 0 Å². The van der Waals surface area contributed by atoms with Crippen molar-refractivity contribution >= 4 is 41.0 Å². The predicted octanol–water partition coefficient (Wildman–Crippen LogP) is 1.80. The summed E-state index contributed by atoms with van der Waals surface area (Å²) in [4.78, 5) is 59.3. The molecule has 0 radical (unpaired) electrons. The molecule has 1 aromatic heterocycles. The summed E-state index contributed by atoms with van der Waals surface area (Å²) >= 11 is 1.14. The Balaban J connectivity index is 2.54. The maximum absolute atomic E-state index is 11.9. The minimum Gasteiger partial charge on any atom is -0.460 e. The van der Waals surface area contributed by atoms with Crippen LogP contribution in [0.1, 0.15) is 51.2 Å². The number of ketones is 1. The minimum absolute atomic E-state index is 0.154. The smallest absolute Gasteiger partial charge is 0.303 e. The zero-order valence-corrected chi connectivity index (χ0v) is 19.8. The van der Waals surface area contributed by atoms with Crippen molar-refractivity contribution in [3.05, 3.63) is 16.3 Å². The van der Waals surface area contributed by atoms with Gasteiger partial charge in [-0.3, -0.25) is 24.0 Å². The molecule has 0 bridgehead atoms. The molecule has 182 valence electrons. The van der Waals surface area contributed by atoms with Crippen LogP contribution in [0, 0.1) is 0 Å². The molecule has 0 aliphatic carbocycles. The number of hydrogen-bond donors (Lipinski definition) is 0. The molecule has 6 unspecified atom stereocenters. The average Bonchev–Trinajstić information content (AvgIpc) is 3.13. The Morgan fingerprint density at radius 2 is 1.39 bits per heavy atom. The van der Waals surface area contributed by atoms with E-state index in [-0.39, 0.29) is 16.4 Å². The molecule has 6 atom stereocenters. The molecule has 0 N–H and O–H groups in total. The molecule has 0 amide bonds. The molecular formula is C21H26O11S. The lowest BCUT2D eigenvalue weighted by Crippen LogP contribution is -2.65. The van der Waals surface area contributed by atoms with E-state index in [1.165, 1.54) is 26.8 Å². The summed E-state index contributed by atoms with van der Waals surface area (Å²) in [7, 11) is 0. The molecule has 33 heavy (non-hydrogen) atoms. The lowest BCUT2D eigenvalue weighted by atomic mass is 9.94. The van der Waals surface area contributed by atoms with Gasteiger partial charge in [-0.15, -0.1) is 11.3 Å². The fourth-order valence-electron chi connectivity index (χ4n) is 3.38. The lowest BCUT2D eigenvalue weighted by molar-refractivity contribution is -0.296. The highest BCUT2D eigenvalue weighted by atomic mass is 32.1. The van der Waals surface area contributed by atoms with E-state index in [9.17, 15) is 24.0 Å². The summed E-state index contributed by atoms with van der Waals surface area (Å²) in [6.45, 7) is 7.41. The van der Waals surface area contributed by atoms with Gasteiger partial charge in [0.1, 0.15) is 22.8 Å². The Morgan fingerprint density at radius 3 is 1.91 bits per heavy atom. The zero-order valence-electron chi connectivity index (χ0n) is 19.0. The second-order valence-electron chi connectivity index (χ2n) is 7.29. The van der Waals surface area contributed by atoms with Crippen LogP contribution in [0.3, 0.4) is 0 Å². The van der Waals surface area contributed by atoms with E-state index in [1.54, 1.807) is 5.38 Å². The normalized spacial score (nSPS) is 25.3. The predicted molar refractivity (Wildman–Crippen MR) is 112 cm³/mol. The first-order valence-corrected chi connectivity index (χ1v) is 10.9. The number of carbonyl (C=O) groups is 5. The zero-order chi connectivity index (χ0) is 24.9. The van der Waals surface area contributed by atoms with Crippen molar-refractivity contribution in [1.82, 2.24) is 0 Å². The molecule has 0 saturated carbocycles. The number of rotatable bonds is 8. The molecule has 11 nitrogen and oxygen atoms in total. The molecule has 2 rings (SSSR count). The maximum Gasteiger partial charge on any atom is 0.303 e. The summed E-state index contributed by atoms with van der Waals surface area (Å²) in [5.74, 6) is -2.99. The first-order chi connectivity index (χ1) is 15.4. The topological polar surface area (TPSA) is 141 Å². The quantitative estimate of drug-likeness (QED) is 0.302. The molecule has 1 fully saturated rings. The van der Waals surface area contributed by atoms with E-state index in [4.69, 9.17) is 28.4 Å². The Bertz CT molecular complexity index is 908. The molecule has 2 heterocycles. The molecule has 1 aliphatic heterocycles. The van der Waals surface area contributed by atoms with Gasteiger partial charge >= 0.3 is 23.9 Å². The molecule has 12 heteroatoms. The van der Waals surface area contributed by atoms with Gasteiger partial charge in [0.25, 0.3) is 0 Å². The lowest BCUT2D eigenvalue weighted by Gasteiger charge is -2.45. The van der Waals surface area contributed by atoms with Gasteiger partial charge in [-0.05, 0) is 18.4 Å². The van der Waals surface area contributed by atoms with E-state index in [2.05, 4.69) is 0 Å². The van der Waals surface area contributed by atoms with E-state index >= 15 is 0 Å². The van der Waals surface area contributed by atoms with E-state index < -0.39 is 60.7 Å². The number of Topliss-reactive ketones (excluding diaryl/α,β-unsaturated/α-hetero) is 1. The van der Waals surface area contributed by atoms with Crippen molar-refractivity contribution in [2.75, 3.05) is 0 Å². The molecular weight excluding hydrogens is 460 g/mol. The molecule has 1 aromatic rings. The van der Waals surface area contributed by atoms with Crippen molar-refractivity contribution in [2.45, 2.75) is 78.4 Å². The average molecular weight is 486 g/mol. The minimum atomic E-state index is -1.40. The van der Waals surface area contributed by atoms with Crippen LogP contribution >= 0.6 is 11.3 Å². The van der Waals surface area contributed by atoms with Crippen LogP contribution in [0.25, 0.3) is 0 Å². The van der Waals surface area contributed by atoms with Gasteiger partial charge in [0, 0.05) is 34.6 Å². The van der Waals surface area contributed by atoms with Crippen LogP contribution < -0.4 is 4.74 Å². The summed E-state index contributed by atoms with van der Waals surface area (Å²) < 4.78 is 33.1. The van der Waals surface area contributed by atoms with Crippen molar-refractivity contribution in [3.63, 3.8) is 0 Å². The first-order valence-electron chi connectivity index (χ1n) is 10.00. The Labute approximate surface area is 194 Å². The Morgan fingerprint density at radius 1 is 0.848 bits per heavy atom. The van der Waals surface area contributed by atoms with Crippen molar-refractivity contribution in [1.29, 1.82) is 0 Å². The number of carbonyl (C=O) groups excluding carboxylic acids is 5. The fourth-order valence-corrected chi connectivity index (χ4v) is 4.10. The van der Waals surface area contributed by atoms with Gasteiger partial charge in [0.15, 0.2) is 18.0 Å². The molecule has 0 aromatic carbocycles. The van der Waals surface area contributed by atoms with E-state index in [1.807, 2.05) is 0 Å². The third-order valence-electron chi connectivity index (χ3n) is 4.44. The fraction of sp³-hybridized carbons (Fsp3) is 0.571. The van der Waals surface area contributed by atoms with Crippen molar-refractivity contribution in [3.8, 4) is 5.75 Å². The highest BCUT2D eigenvalue weighted by molar-refractivity contribution is 7.12. The van der Waals surface area contributed by atoms with Crippen LogP contribution in [0.5, 0.6) is 5.75 Å². The third kappa shape index (κ3) is 6.99. The largest absolute Gasteiger partial charge is 0.460 e. The van der Waals surface area contributed by atoms with Gasteiger partial charge in [0.05, 0.1) is 0 Å². The molecule has 1 saturated heterocycles. The summed E-state index contributed by atoms with van der Waals surface area (Å²) in [5.41, 5.74) is 0. The van der Waals surface area contributed by atoms with Crippen LogP contribution in [0.4, 0.5) is 0 Å². The highest BCUT2D eigenvalue weighted by Crippen LogP contribution is 2.34. The van der Waals surface area contributed by atoms with Crippen molar-refractivity contribution in [2.24, 2.45) is 0 Å². The summed E-state index contributed by atoms with van der Waals surface area (Å²) in [6, 6.07) is 1.53.